The van der Waals surface area contributed by atoms with Crippen LogP contribution in [0, 0.1) is 0 Å². The number of hydrogen-bond donors (Lipinski definition) is 0. The lowest BCUT2D eigenvalue weighted by Crippen LogP contribution is -2.10. The van der Waals surface area contributed by atoms with Crippen LogP contribution in [0.3, 0.4) is 0 Å². The number of aromatic nitrogens is 2. The number of rotatable bonds is 13. The first-order valence-corrected chi connectivity index (χ1v) is 35.3. The molecule has 104 heavy (non-hydrogen) atoms. The Morgan fingerprint density at radius 1 is 0.231 bits per heavy atom. The molecule has 4 heterocycles. The van der Waals surface area contributed by atoms with E-state index in [1.54, 1.807) is 0 Å². The molecule has 0 bridgehead atoms. The Kier molecular flexibility index (Phi) is 14.5. The van der Waals surface area contributed by atoms with Crippen molar-refractivity contribution in [3.8, 4) is 77.9 Å². The molecule has 0 aliphatic heterocycles. The highest BCUT2D eigenvalue weighted by Gasteiger charge is 2.26. The Hall–Kier alpha value is -13.9. The third-order valence-corrected chi connectivity index (χ3v) is 20.8. The smallest absolute Gasteiger partial charge is 0.161 e. The summed E-state index contributed by atoms with van der Waals surface area (Å²) in [7, 11) is 0. The minimum Gasteiger partial charge on any atom is -0.454 e. The van der Waals surface area contributed by atoms with E-state index in [9.17, 15) is 0 Å². The standard InChI is InChI=1S/C98H62N4O2/c1-5-22-63(23-6-1)65-41-49-72(50-42-65)101(88-38-20-37-83-87(88)62-100-95-84-34-17-18-39-90(84)103-98(83)95)73-53-45-69(46-54-73)92-76(67-26-9-3-10-27-67)57-58-80-78(35-19-36-82(80)92)86-61-85(68-28-11-4-12-29-68)93(81-33-16-15-32-79(81)86)70-47-55-75(56-48-70)102(74-51-43-66(44-52-74)64-24-7-2-8-25-64)89-60-71-30-13-14-31-77(71)97-94(89)96-91(104-97)40-21-59-99-96/h1-62H. The first kappa shape index (κ1) is 60.1. The van der Waals surface area contributed by atoms with E-state index in [-0.39, 0.29) is 0 Å². The van der Waals surface area contributed by atoms with E-state index in [1.165, 1.54) is 5.56 Å². The van der Waals surface area contributed by atoms with Gasteiger partial charge in [0.25, 0.3) is 0 Å². The maximum Gasteiger partial charge on any atom is 0.161 e. The molecule has 0 atom stereocenters. The van der Waals surface area contributed by atoms with Crippen molar-refractivity contribution in [2.75, 3.05) is 9.80 Å². The molecule has 0 N–H and O–H groups in total. The highest BCUT2D eigenvalue weighted by atomic mass is 16.3. The van der Waals surface area contributed by atoms with Gasteiger partial charge >= 0.3 is 0 Å². The molecule has 486 valence electrons. The molecule has 0 radical (unpaired) electrons. The molecule has 0 fully saturated rings. The number of nitrogens with zero attached hydrogens (tertiary/aromatic N) is 4. The largest absolute Gasteiger partial charge is 0.454 e. The van der Waals surface area contributed by atoms with E-state index in [0.29, 0.717) is 0 Å². The molecule has 20 rings (SSSR count). The van der Waals surface area contributed by atoms with Crippen LogP contribution >= 0.6 is 0 Å². The first-order chi connectivity index (χ1) is 51.6. The van der Waals surface area contributed by atoms with E-state index in [4.69, 9.17) is 18.8 Å². The molecule has 16 aromatic carbocycles. The van der Waals surface area contributed by atoms with E-state index >= 15 is 0 Å². The topological polar surface area (TPSA) is 58.5 Å². The zero-order chi connectivity index (χ0) is 68.6. The molecule has 20 aromatic rings. The summed E-state index contributed by atoms with van der Waals surface area (Å²) in [6.07, 6.45) is 3.87. The average Bonchev–Trinajstić information content (AvgIpc) is 1.35. The summed E-state index contributed by atoms with van der Waals surface area (Å²) in [5.74, 6) is 0. The minimum absolute atomic E-state index is 0.748. The van der Waals surface area contributed by atoms with Crippen molar-refractivity contribution in [3.63, 3.8) is 0 Å². The maximum absolute atomic E-state index is 6.77. The van der Waals surface area contributed by atoms with Crippen LogP contribution in [-0.2, 0) is 0 Å². The highest BCUT2D eigenvalue weighted by molar-refractivity contribution is 6.22. The van der Waals surface area contributed by atoms with Crippen LogP contribution in [0.4, 0.5) is 34.1 Å². The zero-order valence-corrected chi connectivity index (χ0v) is 56.4. The van der Waals surface area contributed by atoms with Crippen LogP contribution in [-0.4, -0.2) is 9.97 Å². The van der Waals surface area contributed by atoms with E-state index in [0.717, 1.165) is 194 Å². The number of para-hydroxylation sites is 1. The fourth-order valence-corrected chi connectivity index (χ4v) is 15.9. The third-order valence-electron chi connectivity index (χ3n) is 20.8. The summed E-state index contributed by atoms with van der Waals surface area (Å²) in [4.78, 5) is 14.8. The molecule has 0 saturated carbocycles. The quantitative estimate of drug-likeness (QED) is 0.115. The van der Waals surface area contributed by atoms with E-state index in [2.05, 4.69) is 343 Å². The van der Waals surface area contributed by atoms with Crippen LogP contribution in [0.5, 0.6) is 0 Å². The Morgan fingerprint density at radius 2 is 0.683 bits per heavy atom. The molecule has 0 aliphatic rings. The Labute approximate surface area is 600 Å². The van der Waals surface area contributed by atoms with Gasteiger partial charge in [-0.3, -0.25) is 9.97 Å². The summed E-state index contributed by atoms with van der Waals surface area (Å²) in [5.41, 5.74) is 26.9. The van der Waals surface area contributed by atoms with Gasteiger partial charge in [-0.2, -0.15) is 0 Å². The molecule has 0 unspecified atom stereocenters. The van der Waals surface area contributed by atoms with Crippen molar-refractivity contribution < 1.29 is 8.83 Å². The van der Waals surface area contributed by atoms with Crippen molar-refractivity contribution in [2.45, 2.75) is 0 Å². The highest BCUT2D eigenvalue weighted by Crippen LogP contribution is 2.51. The molecule has 4 aromatic heterocycles. The van der Waals surface area contributed by atoms with Gasteiger partial charge in [0.15, 0.2) is 11.2 Å². The van der Waals surface area contributed by atoms with Crippen LogP contribution < -0.4 is 9.80 Å². The molecule has 0 aliphatic carbocycles. The van der Waals surface area contributed by atoms with Crippen LogP contribution in [0.2, 0.25) is 0 Å². The van der Waals surface area contributed by atoms with Gasteiger partial charge in [-0.05, 0) is 196 Å². The zero-order valence-electron chi connectivity index (χ0n) is 56.4. The number of pyridine rings is 2. The molecule has 6 nitrogen and oxygen atoms in total. The summed E-state index contributed by atoms with van der Waals surface area (Å²) >= 11 is 0. The summed E-state index contributed by atoms with van der Waals surface area (Å²) in [6, 6.07) is 131. The second-order valence-corrected chi connectivity index (χ2v) is 26.6. The van der Waals surface area contributed by atoms with Gasteiger partial charge in [0.1, 0.15) is 22.2 Å². The van der Waals surface area contributed by atoms with Crippen molar-refractivity contribution >= 4 is 121 Å². The van der Waals surface area contributed by atoms with Gasteiger partial charge in [-0.1, -0.05) is 273 Å². The van der Waals surface area contributed by atoms with Crippen molar-refractivity contribution in [2.24, 2.45) is 0 Å². The average molecular weight is 1330 g/mol. The van der Waals surface area contributed by atoms with Gasteiger partial charge in [-0.25, -0.2) is 0 Å². The predicted molar refractivity (Wildman–Crippen MR) is 434 cm³/mol. The Bertz CT molecular complexity index is 6680. The van der Waals surface area contributed by atoms with Gasteiger partial charge in [0, 0.05) is 56.7 Å². The predicted octanol–water partition coefficient (Wildman–Crippen LogP) is 27.5. The van der Waals surface area contributed by atoms with Crippen LogP contribution in [0.15, 0.2) is 385 Å². The van der Waals surface area contributed by atoms with Gasteiger partial charge < -0.3 is 18.6 Å². The molecule has 0 saturated heterocycles. The van der Waals surface area contributed by atoms with Crippen LogP contribution in [0.25, 0.3) is 165 Å². The molecule has 0 amide bonds. The summed E-state index contributed by atoms with van der Waals surface area (Å²) in [5, 5.41) is 10.7. The van der Waals surface area contributed by atoms with Crippen LogP contribution in [0.1, 0.15) is 0 Å². The van der Waals surface area contributed by atoms with Crippen molar-refractivity contribution in [1.82, 2.24) is 9.97 Å². The number of hydrogen-bond acceptors (Lipinski definition) is 6. The Morgan fingerprint density at radius 3 is 1.31 bits per heavy atom. The monoisotopic (exact) mass is 1330 g/mol. The summed E-state index contributed by atoms with van der Waals surface area (Å²) in [6.45, 7) is 0. The van der Waals surface area contributed by atoms with E-state index in [1.807, 2.05) is 42.7 Å². The Balaban J connectivity index is 0.734. The molecular formula is C98H62N4O2. The van der Waals surface area contributed by atoms with Gasteiger partial charge in [0.05, 0.1) is 16.8 Å². The number of anilines is 6. The number of fused-ring (bicyclic) bond motifs is 12. The fourth-order valence-electron chi connectivity index (χ4n) is 15.9. The lowest BCUT2D eigenvalue weighted by Gasteiger charge is -2.27. The van der Waals surface area contributed by atoms with Crippen molar-refractivity contribution in [3.05, 3.63) is 376 Å². The first-order valence-electron chi connectivity index (χ1n) is 35.3. The summed E-state index contributed by atoms with van der Waals surface area (Å²) < 4.78 is 13.4. The number of benzene rings is 16. The molecule has 0 spiro atoms. The normalized spacial score (nSPS) is 11.7. The van der Waals surface area contributed by atoms with Gasteiger partial charge in [0.2, 0.25) is 0 Å². The molecule has 6 heteroatoms. The lowest BCUT2D eigenvalue weighted by atomic mass is 9.83. The van der Waals surface area contributed by atoms with E-state index < -0.39 is 0 Å². The second kappa shape index (κ2) is 25.0. The SMILES string of the molecule is c1ccc(-c2ccc(N(c3ccc(-c4c(-c5ccccc5)ccc5c(-c6cc(-c7ccccc7)c(-c7ccc(N(c8ccc(-c9ccccc9)cc8)c8cc9ccccc9c9oc%10cccnc%10c89)cc7)c7ccccc67)cccc45)cc3)c3cccc4c3cnc3c5ccccc5oc43)cc2)cc1. The maximum atomic E-state index is 6.77. The minimum atomic E-state index is 0.748. The van der Waals surface area contributed by atoms with Gasteiger partial charge in [-0.15, -0.1) is 0 Å². The molecular weight excluding hydrogens is 1270 g/mol. The fraction of sp³-hybridized carbons (Fsp3) is 0. The lowest BCUT2D eigenvalue weighted by molar-refractivity contribution is 0.671. The second-order valence-electron chi connectivity index (χ2n) is 26.6. The third kappa shape index (κ3) is 10.2. The van der Waals surface area contributed by atoms with Crippen molar-refractivity contribution in [1.29, 1.82) is 0 Å². The number of furan rings is 2.